The van der Waals surface area contributed by atoms with Crippen molar-refractivity contribution in [2.75, 3.05) is 6.61 Å². The van der Waals surface area contributed by atoms with Gasteiger partial charge in [0.05, 0.1) is 6.42 Å². The molecule has 5 rings (SSSR count). The summed E-state index contributed by atoms with van der Waals surface area (Å²) in [5.41, 5.74) is 9.21. The van der Waals surface area contributed by atoms with E-state index in [1.165, 1.54) is 21.6 Å². The molecule has 0 saturated heterocycles. The van der Waals surface area contributed by atoms with Crippen molar-refractivity contribution in [3.8, 4) is 0 Å². The summed E-state index contributed by atoms with van der Waals surface area (Å²) in [6.07, 6.45) is 2.24. The molecule has 5 heteroatoms. The highest BCUT2D eigenvalue weighted by Gasteiger charge is 2.50. The van der Waals surface area contributed by atoms with Crippen LogP contribution in [0.15, 0.2) is 84.9 Å². The highest BCUT2D eigenvalue weighted by molar-refractivity contribution is 6.99. The first kappa shape index (κ1) is 24.5. The number of para-hydroxylation sites is 1. The number of carbonyl (C=O) groups is 1. The fraction of sp³-hybridized carbons (Fsp3) is 0.323. The highest BCUT2D eigenvalue weighted by atomic mass is 28.4. The van der Waals surface area contributed by atoms with E-state index in [1.807, 2.05) is 6.07 Å². The van der Waals surface area contributed by atoms with Crippen LogP contribution in [0.4, 0.5) is 0 Å². The average Bonchev–Trinajstić information content (AvgIpc) is 3.17. The summed E-state index contributed by atoms with van der Waals surface area (Å²) >= 11 is 0. The highest BCUT2D eigenvalue weighted by Crippen LogP contribution is 2.38. The van der Waals surface area contributed by atoms with Crippen LogP contribution in [0.5, 0.6) is 0 Å². The summed E-state index contributed by atoms with van der Waals surface area (Å²) in [6.45, 7) is 8.60. The normalized spacial score (nSPS) is 16.1. The minimum atomic E-state index is -2.58. The molecule has 36 heavy (non-hydrogen) atoms. The van der Waals surface area contributed by atoms with Crippen LogP contribution in [0.2, 0.25) is 5.04 Å². The minimum Gasteiger partial charge on any atom is -0.407 e. The number of carbonyl (C=O) groups excluding carboxylic acids is 1. The van der Waals surface area contributed by atoms with Crippen LogP contribution < -0.4 is 16.1 Å². The third-order valence-electron chi connectivity index (χ3n) is 7.74. The average molecular weight is 497 g/mol. The van der Waals surface area contributed by atoms with Crippen molar-refractivity contribution in [2.24, 2.45) is 11.7 Å². The Kier molecular flexibility index (Phi) is 6.62. The SMILES string of the molecule is CC(C)(C)[Si](OCC1CCn2c(c(CC(N)=O)c3ccccc32)C1)(c1ccccc1)c1ccccc1. The Morgan fingerprint density at radius 1 is 0.944 bits per heavy atom. The van der Waals surface area contributed by atoms with E-state index in [2.05, 4.69) is 104 Å². The number of nitrogens with two attached hydrogens (primary N) is 1. The second-order valence-electron chi connectivity index (χ2n) is 11.1. The lowest BCUT2D eigenvalue weighted by Gasteiger charge is -2.44. The van der Waals surface area contributed by atoms with Crippen molar-refractivity contribution < 1.29 is 9.22 Å². The molecule has 1 aromatic heterocycles. The molecule has 1 atom stereocenters. The van der Waals surface area contributed by atoms with E-state index >= 15 is 0 Å². The van der Waals surface area contributed by atoms with E-state index < -0.39 is 8.32 Å². The molecule has 4 nitrogen and oxygen atoms in total. The predicted octanol–water partition coefficient (Wildman–Crippen LogP) is 4.81. The predicted molar refractivity (Wildman–Crippen MR) is 150 cm³/mol. The second kappa shape index (κ2) is 9.72. The number of nitrogens with zero attached hydrogens (tertiary/aromatic N) is 1. The zero-order valence-corrected chi connectivity index (χ0v) is 22.5. The molecule has 0 spiro atoms. The molecule has 2 N–H and O–H groups in total. The van der Waals surface area contributed by atoms with E-state index in [9.17, 15) is 4.79 Å². The van der Waals surface area contributed by atoms with Crippen LogP contribution in [0.3, 0.4) is 0 Å². The maximum absolute atomic E-state index is 12.0. The monoisotopic (exact) mass is 496 g/mol. The smallest absolute Gasteiger partial charge is 0.261 e. The van der Waals surface area contributed by atoms with Crippen molar-refractivity contribution in [3.05, 3.63) is 96.2 Å². The molecular formula is C31H36N2O2Si. The molecule has 4 aromatic rings. The molecule has 0 bridgehead atoms. The van der Waals surface area contributed by atoms with Crippen molar-refractivity contribution in [2.45, 2.75) is 51.6 Å². The van der Waals surface area contributed by atoms with Gasteiger partial charge in [0, 0.05) is 29.7 Å². The van der Waals surface area contributed by atoms with Gasteiger partial charge in [-0.05, 0) is 45.8 Å². The number of aromatic nitrogens is 1. The second-order valence-corrected chi connectivity index (χ2v) is 15.4. The van der Waals surface area contributed by atoms with Gasteiger partial charge in [-0.2, -0.15) is 0 Å². The van der Waals surface area contributed by atoms with Crippen molar-refractivity contribution in [3.63, 3.8) is 0 Å². The summed E-state index contributed by atoms with van der Waals surface area (Å²) < 4.78 is 9.65. The third-order valence-corrected chi connectivity index (χ3v) is 12.7. The van der Waals surface area contributed by atoms with Gasteiger partial charge in [-0.25, -0.2) is 0 Å². The Morgan fingerprint density at radius 3 is 2.11 bits per heavy atom. The molecule has 0 radical (unpaired) electrons. The Morgan fingerprint density at radius 2 is 1.53 bits per heavy atom. The summed E-state index contributed by atoms with van der Waals surface area (Å²) in [4.78, 5) is 12.0. The van der Waals surface area contributed by atoms with Crippen LogP contribution in [-0.2, 0) is 28.6 Å². The number of primary amides is 1. The fourth-order valence-corrected chi connectivity index (χ4v) is 10.8. The first-order chi connectivity index (χ1) is 17.3. The molecule has 2 heterocycles. The van der Waals surface area contributed by atoms with Crippen LogP contribution in [0.1, 0.15) is 38.4 Å². The number of hydrogen-bond donors (Lipinski definition) is 1. The van der Waals surface area contributed by atoms with E-state index in [0.717, 1.165) is 30.3 Å². The lowest BCUT2D eigenvalue weighted by molar-refractivity contribution is -0.117. The molecule has 0 saturated carbocycles. The Balaban J connectivity index is 1.50. The molecule has 1 aliphatic heterocycles. The van der Waals surface area contributed by atoms with Gasteiger partial charge >= 0.3 is 0 Å². The summed E-state index contributed by atoms with van der Waals surface area (Å²) in [5.74, 6) is 0.106. The molecule has 186 valence electrons. The number of benzene rings is 3. The Bertz CT molecular complexity index is 1320. The minimum absolute atomic E-state index is 0.0452. The van der Waals surface area contributed by atoms with Gasteiger partial charge in [0.1, 0.15) is 0 Å². The van der Waals surface area contributed by atoms with Crippen LogP contribution in [-0.4, -0.2) is 25.4 Å². The number of fused-ring (bicyclic) bond motifs is 3. The lowest BCUT2D eigenvalue weighted by Crippen LogP contribution is -2.67. The molecule has 1 amide bonds. The van der Waals surface area contributed by atoms with Gasteiger partial charge in [-0.1, -0.05) is 99.6 Å². The Labute approximate surface area is 215 Å². The van der Waals surface area contributed by atoms with E-state index in [0.29, 0.717) is 12.5 Å². The quantitative estimate of drug-likeness (QED) is 0.374. The number of amides is 1. The lowest BCUT2D eigenvalue weighted by atomic mass is 9.94. The van der Waals surface area contributed by atoms with E-state index in [1.54, 1.807) is 0 Å². The van der Waals surface area contributed by atoms with Crippen molar-refractivity contribution in [1.29, 1.82) is 0 Å². The van der Waals surface area contributed by atoms with E-state index in [4.69, 9.17) is 10.2 Å². The van der Waals surface area contributed by atoms with Crippen molar-refractivity contribution >= 4 is 35.5 Å². The molecule has 0 fully saturated rings. The van der Waals surface area contributed by atoms with E-state index in [-0.39, 0.29) is 17.4 Å². The van der Waals surface area contributed by atoms with Crippen LogP contribution >= 0.6 is 0 Å². The maximum atomic E-state index is 12.0. The topological polar surface area (TPSA) is 57.2 Å². The first-order valence-corrected chi connectivity index (χ1v) is 14.8. The summed E-state index contributed by atoms with van der Waals surface area (Å²) in [6, 6.07) is 30.0. The molecule has 1 unspecified atom stereocenters. The number of rotatable bonds is 7. The van der Waals surface area contributed by atoms with Crippen LogP contribution in [0, 0.1) is 5.92 Å². The molecule has 3 aromatic carbocycles. The summed E-state index contributed by atoms with van der Waals surface area (Å²) in [7, 11) is -2.58. The zero-order chi connectivity index (χ0) is 25.3. The van der Waals surface area contributed by atoms with Crippen LogP contribution in [0.25, 0.3) is 10.9 Å². The zero-order valence-electron chi connectivity index (χ0n) is 21.5. The number of hydrogen-bond acceptors (Lipinski definition) is 2. The van der Waals surface area contributed by atoms with Gasteiger partial charge in [-0.15, -0.1) is 0 Å². The fourth-order valence-electron chi connectivity index (χ4n) is 6.12. The largest absolute Gasteiger partial charge is 0.407 e. The van der Waals surface area contributed by atoms with Gasteiger partial charge < -0.3 is 14.7 Å². The third kappa shape index (κ3) is 4.31. The Hall–Kier alpha value is -3.15. The maximum Gasteiger partial charge on any atom is 0.261 e. The molecule has 1 aliphatic rings. The summed E-state index contributed by atoms with van der Waals surface area (Å²) in [5, 5.41) is 3.72. The van der Waals surface area contributed by atoms with Gasteiger partial charge in [0.15, 0.2) is 0 Å². The van der Waals surface area contributed by atoms with Gasteiger partial charge in [0.25, 0.3) is 8.32 Å². The van der Waals surface area contributed by atoms with Gasteiger partial charge in [-0.3, -0.25) is 4.79 Å². The van der Waals surface area contributed by atoms with Crippen molar-refractivity contribution in [1.82, 2.24) is 4.57 Å². The first-order valence-electron chi connectivity index (χ1n) is 12.9. The standard InChI is InChI=1S/C31H36N2O2Si/c1-31(2,3)36(24-12-6-4-7-13-24,25-14-8-5-9-15-25)35-22-23-18-19-33-28-17-11-10-16-26(28)27(21-30(32)34)29(33)20-23/h4-17,23H,18-22H2,1-3H3,(H2,32,34). The van der Waals surface area contributed by atoms with Gasteiger partial charge in [0.2, 0.25) is 5.91 Å². The molecule has 0 aliphatic carbocycles. The molecular weight excluding hydrogens is 460 g/mol. The number of aryl methyl sites for hydroxylation is 1.